The van der Waals surface area contributed by atoms with E-state index in [0.717, 1.165) is 11.3 Å². The molecular weight excluding hydrogens is 256 g/mol. The summed E-state index contributed by atoms with van der Waals surface area (Å²) in [6, 6.07) is 7.82. The summed E-state index contributed by atoms with van der Waals surface area (Å²) in [4.78, 5) is 2.02. The summed E-state index contributed by atoms with van der Waals surface area (Å²) < 4.78 is 5.16. The third-order valence-corrected chi connectivity index (χ3v) is 3.17. The van der Waals surface area contributed by atoms with Gasteiger partial charge in [-0.2, -0.15) is 0 Å². The topological polar surface area (TPSA) is 65.0 Å². The van der Waals surface area contributed by atoms with Crippen molar-refractivity contribution < 1.29 is 14.9 Å². The van der Waals surface area contributed by atoms with Gasteiger partial charge >= 0.3 is 0 Å². The van der Waals surface area contributed by atoms with Crippen molar-refractivity contribution in [3.63, 3.8) is 0 Å². The van der Waals surface area contributed by atoms with Gasteiger partial charge in [-0.05, 0) is 24.6 Å². The summed E-state index contributed by atoms with van der Waals surface area (Å²) in [6.07, 6.45) is -0.552. The maximum Gasteiger partial charge on any atom is 0.0940 e. The smallest absolute Gasteiger partial charge is 0.0940 e. The largest absolute Gasteiger partial charge is 0.394 e. The van der Waals surface area contributed by atoms with Crippen LogP contribution in [0.2, 0.25) is 0 Å². The van der Waals surface area contributed by atoms with Gasteiger partial charge < -0.3 is 25.2 Å². The summed E-state index contributed by atoms with van der Waals surface area (Å²) in [7, 11) is 3.98. The Labute approximate surface area is 121 Å². The monoisotopic (exact) mass is 282 g/mol. The molecule has 0 fully saturated rings. The number of aliphatic hydroxyl groups excluding tert-OH is 2. The van der Waals surface area contributed by atoms with Gasteiger partial charge in [-0.1, -0.05) is 12.1 Å². The fourth-order valence-electron chi connectivity index (χ4n) is 1.90. The van der Waals surface area contributed by atoms with Crippen LogP contribution in [0.15, 0.2) is 24.3 Å². The van der Waals surface area contributed by atoms with E-state index in [1.807, 2.05) is 50.2 Å². The van der Waals surface area contributed by atoms with E-state index in [4.69, 9.17) is 9.84 Å². The lowest BCUT2D eigenvalue weighted by Crippen LogP contribution is -2.34. The molecule has 0 aliphatic carbocycles. The Bertz CT molecular complexity index is 368. The van der Waals surface area contributed by atoms with E-state index in [2.05, 4.69) is 5.32 Å². The van der Waals surface area contributed by atoms with Crippen LogP contribution in [-0.4, -0.2) is 56.7 Å². The Balaban J connectivity index is 2.41. The molecule has 2 unspecified atom stereocenters. The summed E-state index contributed by atoms with van der Waals surface area (Å²) in [6.45, 7) is 3.50. The van der Waals surface area contributed by atoms with Crippen LogP contribution in [0.5, 0.6) is 0 Å². The fourth-order valence-corrected chi connectivity index (χ4v) is 1.90. The zero-order chi connectivity index (χ0) is 15.0. The molecule has 1 aromatic carbocycles. The zero-order valence-electron chi connectivity index (χ0n) is 12.5. The normalized spacial score (nSPS) is 14.1. The summed E-state index contributed by atoms with van der Waals surface area (Å²) in [5.41, 5.74) is 2.01. The van der Waals surface area contributed by atoms with Crippen molar-refractivity contribution in [1.29, 1.82) is 0 Å². The van der Waals surface area contributed by atoms with Crippen molar-refractivity contribution >= 4 is 5.69 Å². The number of ether oxygens (including phenoxy) is 1. The van der Waals surface area contributed by atoms with Gasteiger partial charge in [0.05, 0.1) is 25.9 Å². The second-order valence-corrected chi connectivity index (χ2v) is 5.01. The Morgan fingerprint density at radius 1 is 1.20 bits per heavy atom. The van der Waals surface area contributed by atoms with Crippen molar-refractivity contribution in [3.05, 3.63) is 29.8 Å². The summed E-state index contributed by atoms with van der Waals surface area (Å²) >= 11 is 0. The number of anilines is 1. The molecule has 0 heterocycles. The lowest BCUT2D eigenvalue weighted by atomic mass is 10.0. The van der Waals surface area contributed by atoms with E-state index in [1.54, 1.807) is 0 Å². The number of aliphatic hydroxyl groups is 2. The van der Waals surface area contributed by atoms with Gasteiger partial charge in [-0.3, -0.25) is 0 Å². The second kappa shape index (κ2) is 8.92. The van der Waals surface area contributed by atoms with E-state index in [-0.39, 0.29) is 12.6 Å². The first-order chi connectivity index (χ1) is 9.56. The Morgan fingerprint density at radius 3 is 2.40 bits per heavy atom. The average Bonchev–Trinajstić information content (AvgIpc) is 2.46. The van der Waals surface area contributed by atoms with Gasteiger partial charge in [0, 0.05) is 32.4 Å². The molecule has 0 aliphatic rings. The lowest BCUT2D eigenvalue weighted by molar-refractivity contribution is 0.0849. The van der Waals surface area contributed by atoms with Crippen LogP contribution in [-0.2, 0) is 4.74 Å². The molecule has 0 bridgehead atoms. The molecule has 3 N–H and O–H groups in total. The van der Waals surface area contributed by atoms with E-state index in [0.29, 0.717) is 19.8 Å². The molecule has 0 amide bonds. The first-order valence-electron chi connectivity index (χ1n) is 6.93. The predicted octanol–water partition coefficient (Wildman–Crippen LogP) is 0.773. The Morgan fingerprint density at radius 2 is 1.85 bits per heavy atom. The fraction of sp³-hybridized carbons (Fsp3) is 0.600. The average molecular weight is 282 g/mol. The van der Waals surface area contributed by atoms with Gasteiger partial charge in [0.15, 0.2) is 0 Å². The van der Waals surface area contributed by atoms with Crippen molar-refractivity contribution in [2.24, 2.45) is 0 Å². The number of benzene rings is 1. The molecule has 0 radical (unpaired) electrons. The van der Waals surface area contributed by atoms with E-state index < -0.39 is 6.10 Å². The van der Waals surface area contributed by atoms with Crippen molar-refractivity contribution in [1.82, 2.24) is 5.32 Å². The minimum atomic E-state index is -0.552. The van der Waals surface area contributed by atoms with Crippen LogP contribution in [0.1, 0.15) is 18.6 Å². The quantitative estimate of drug-likeness (QED) is 0.584. The number of nitrogens with one attached hydrogen (secondary N) is 1. The molecule has 0 aromatic heterocycles. The standard InChI is InChI=1S/C15H26N2O3/c1-12(16-8-10-20-11-9-18)15(19)13-4-6-14(7-5-13)17(2)3/h4-7,12,15-16,18-19H,8-11H2,1-3H3. The van der Waals surface area contributed by atoms with Crippen LogP contribution < -0.4 is 10.2 Å². The lowest BCUT2D eigenvalue weighted by Gasteiger charge is -2.21. The van der Waals surface area contributed by atoms with Gasteiger partial charge in [-0.25, -0.2) is 0 Å². The van der Waals surface area contributed by atoms with E-state index in [1.165, 1.54) is 0 Å². The van der Waals surface area contributed by atoms with Crippen molar-refractivity contribution in [2.45, 2.75) is 19.1 Å². The van der Waals surface area contributed by atoms with E-state index in [9.17, 15) is 5.11 Å². The highest BCUT2D eigenvalue weighted by molar-refractivity contribution is 5.46. The van der Waals surface area contributed by atoms with Crippen LogP contribution in [0.3, 0.4) is 0 Å². The second-order valence-electron chi connectivity index (χ2n) is 5.01. The molecule has 0 saturated heterocycles. The molecule has 114 valence electrons. The Hall–Kier alpha value is -1.14. The molecule has 0 spiro atoms. The van der Waals surface area contributed by atoms with Crippen molar-refractivity contribution in [2.75, 3.05) is 45.4 Å². The molecule has 20 heavy (non-hydrogen) atoms. The number of hydrogen-bond donors (Lipinski definition) is 3. The molecular formula is C15H26N2O3. The minimum absolute atomic E-state index is 0.0381. The number of nitrogens with zero attached hydrogens (tertiary/aromatic N) is 1. The van der Waals surface area contributed by atoms with Crippen LogP contribution in [0.4, 0.5) is 5.69 Å². The van der Waals surface area contributed by atoms with Crippen molar-refractivity contribution in [3.8, 4) is 0 Å². The molecule has 0 saturated carbocycles. The van der Waals surface area contributed by atoms with Gasteiger partial charge in [0.25, 0.3) is 0 Å². The summed E-state index contributed by atoms with van der Waals surface area (Å²) in [5.74, 6) is 0. The van der Waals surface area contributed by atoms with Crippen LogP contribution in [0, 0.1) is 0 Å². The molecule has 5 heteroatoms. The van der Waals surface area contributed by atoms with E-state index >= 15 is 0 Å². The maximum atomic E-state index is 10.3. The SMILES string of the molecule is CC(NCCOCCO)C(O)c1ccc(N(C)C)cc1. The number of hydrogen-bond acceptors (Lipinski definition) is 5. The molecule has 1 rings (SSSR count). The van der Waals surface area contributed by atoms with Gasteiger partial charge in [-0.15, -0.1) is 0 Å². The molecule has 1 aromatic rings. The molecule has 0 aliphatic heterocycles. The highest BCUT2D eigenvalue weighted by Gasteiger charge is 2.15. The van der Waals surface area contributed by atoms with Crippen LogP contribution >= 0.6 is 0 Å². The van der Waals surface area contributed by atoms with Crippen LogP contribution in [0.25, 0.3) is 0 Å². The first-order valence-corrected chi connectivity index (χ1v) is 6.93. The Kier molecular flexibility index (Phi) is 7.54. The molecule has 2 atom stereocenters. The highest BCUT2D eigenvalue weighted by atomic mass is 16.5. The maximum absolute atomic E-state index is 10.3. The minimum Gasteiger partial charge on any atom is -0.394 e. The number of rotatable bonds is 9. The third kappa shape index (κ3) is 5.46. The highest BCUT2D eigenvalue weighted by Crippen LogP contribution is 2.20. The predicted molar refractivity (Wildman–Crippen MR) is 81.1 cm³/mol. The molecule has 5 nitrogen and oxygen atoms in total. The zero-order valence-corrected chi connectivity index (χ0v) is 12.5. The summed E-state index contributed by atoms with van der Waals surface area (Å²) in [5, 5.41) is 22.1. The van der Waals surface area contributed by atoms with Gasteiger partial charge in [0.1, 0.15) is 0 Å². The third-order valence-electron chi connectivity index (χ3n) is 3.17. The van der Waals surface area contributed by atoms with Gasteiger partial charge in [0.2, 0.25) is 0 Å². The first kappa shape index (κ1) is 16.9.